The number of rotatable bonds is 6. The van der Waals surface area contributed by atoms with Gasteiger partial charge in [-0.3, -0.25) is 4.98 Å². The van der Waals surface area contributed by atoms with Crippen LogP contribution in [0.3, 0.4) is 0 Å². The first kappa shape index (κ1) is 25.7. The predicted octanol–water partition coefficient (Wildman–Crippen LogP) is 4.01. The highest BCUT2D eigenvalue weighted by Gasteiger charge is 2.32. The molecule has 1 aromatic carbocycles. The van der Waals surface area contributed by atoms with Crippen molar-refractivity contribution in [3.8, 4) is 0 Å². The van der Waals surface area contributed by atoms with Gasteiger partial charge in [0.25, 0.3) is 0 Å². The van der Waals surface area contributed by atoms with Gasteiger partial charge in [-0.1, -0.05) is 30.3 Å². The smallest absolute Gasteiger partial charge is 0.419 e. The average molecular weight is 494 g/mol. The van der Waals surface area contributed by atoms with Crippen LogP contribution in [-0.4, -0.2) is 69.1 Å². The molecule has 2 aromatic heterocycles. The molecule has 0 bridgehead atoms. The number of benzene rings is 1. The molecule has 3 aromatic rings. The van der Waals surface area contributed by atoms with Crippen LogP contribution in [0.1, 0.15) is 39.2 Å². The minimum absolute atomic E-state index is 0.364. The molecule has 0 atom stereocenters. The third-order valence-electron chi connectivity index (χ3n) is 6.29. The third kappa shape index (κ3) is 6.61. The topological polar surface area (TPSA) is 109 Å². The van der Waals surface area contributed by atoms with Gasteiger partial charge in [0, 0.05) is 45.0 Å². The van der Waals surface area contributed by atoms with Crippen LogP contribution in [0.25, 0.3) is 11.0 Å². The summed E-state index contributed by atoms with van der Waals surface area (Å²) in [6, 6.07) is 13.1. The second kappa shape index (κ2) is 10.7. The van der Waals surface area contributed by atoms with Gasteiger partial charge in [0.15, 0.2) is 0 Å². The first-order valence-corrected chi connectivity index (χ1v) is 12.3. The van der Waals surface area contributed by atoms with E-state index in [0.717, 1.165) is 18.7 Å². The van der Waals surface area contributed by atoms with E-state index in [0.29, 0.717) is 49.1 Å². The van der Waals surface area contributed by atoms with Crippen LogP contribution in [0.5, 0.6) is 0 Å². The standard InChI is InChI=1S/C27H35N5O4/c1-26(2,3)36-25(34)32-15-10-21-23(32)22(9-13-28-21)30-24(33)29-14-18-31-16-11-27(35,12-17-31)19-20-7-5-4-6-8-20/h4-10,13,15,35H,11-12,14,16-19H2,1-3H3,(H2,28,29,30,33). The maximum Gasteiger partial charge on any atom is 0.419 e. The van der Waals surface area contributed by atoms with Gasteiger partial charge in [-0.15, -0.1) is 0 Å². The zero-order valence-corrected chi connectivity index (χ0v) is 21.2. The van der Waals surface area contributed by atoms with Crippen LogP contribution in [0.4, 0.5) is 15.3 Å². The number of likely N-dealkylation sites (tertiary alicyclic amines) is 1. The van der Waals surface area contributed by atoms with E-state index in [1.54, 1.807) is 45.3 Å². The minimum Gasteiger partial charge on any atom is -0.443 e. The Bertz CT molecular complexity index is 1190. The van der Waals surface area contributed by atoms with Crippen molar-refractivity contribution in [1.29, 1.82) is 0 Å². The molecular weight excluding hydrogens is 458 g/mol. The number of aromatic nitrogens is 2. The molecule has 9 heteroatoms. The Morgan fingerprint density at radius 1 is 1.11 bits per heavy atom. The Labute approximate surface area is 211 Å². The van der Waals surface area contributed by atoms with Crippen LogP contribution in [-0.2, 0) is 11.2 Å². The quantitative estimate of drug-likeness (QED) is 0.479. The second-order valence-corrected chi connectivity index (χ2v) is 10.4. The Hall–Kier alpha value is -3.43. The first-order chi connectivity index (χ1) is 17.1. The molecule has 4 rings (SSSR count). The summed E-state index contributed by atoms with van der Waals surface area (Å²) >= 11 is 0. The Morgan fingerprint density at radius 3 is 2.53 bits per heavy atom. The van der Waals surface area contributed by atoms with Gasteiger partial charge < -0.3 is 25.4 Å². The second-order valence-electron chi connectivity index (χ2n) is 10.4. The van der Waals surface area contributed by atoms with Gasteiger partial charge in [0.2, 0.25) is 0 Å². The molecule has 36 heavy (non-hydrogen) atoms. The molecule has 0 saturated carbocycles. The Morgan fingerprint density at radius 2 is 1.83 bits per heavy atom. The highest BCUT2D eigenvalue weighted by atomic mass is 16.6. The summed E-state index contributed by atoms with van der Waals surface area (Å²) in [7, 11) is 0. The maximum absolute atomic E-state index is 12.6. The summed E-state index contributed by atoms with van der Waals surface area (Å²) in [5.41, 5.74) is 1.35. The highest BCUT2D eigenvalue weighted by Crippen LogP contribution is 2.26. The number of hydrogen-bond acceptors (Lipinski definition) is 6. The highest BCUT2D eigenvalue weighted by molar-refractivity contribution is 6.01. The predicted molar refractivity (Wildman–Crippen MR) is 139 cm³/mol. The molecule has 0 spiro atoms. The van der Waals surface area contributed by atoms with Gasteiger partial charge in [0.05, 0.1) is 16.8 Å². The zero-order chi connectivity index (χ0) is 25.8. The van der Waals surface area contributed by atoms with Gasteiger partial charge in [-0.2, -0.15) is 0 Å². The Kier molecular flexibility index (Phi) is 7.61. The summed E-state index contributed by atoms with van der Waals surface area (Å²) in [5, 5.41) is 16.7. The Balaban J connectivity index is 1.28. The number of anilines is 1. The lowest BCUT2D eigenvalue weighted by atomic mass is 9.85. The van der Waals surface area contributed by atoms with Crippen molar-refractivity contribution >= 4 is 28.8 Å². The molecule has 192 valence electrons. The fraction of sp³-hybridized carbons (Fsp3) is 0.444. The number of fused-ring (bicyclic) bond motifs is 1. The summed E-state index contributed by atoms with van der Waals surface area (Å²) in [5.74, 6) is 0. The summed E-state index contributed by atoms with van der Waals surface area (Å²) in [4.78, 5) is 31.8. The number of pyridine rings is 1. The van der Waals surface area contributed by atoms with Gasteiger partial charge in [-0.25, -0.2) is 14.2 Å². The zero-order valence-electron chi connectivity index (χ0n) is 21.2. The van der Waals surface area contributed by atoms with E-state index in [1.807, 2.05) is 30.3 Å². The van der Waals surface area contributed by atoms with Crippen LogP contribution in [0, 0.1) is 0 Å². The van der Waals surface area contributed by atoms with Crippen molar-refractivity contribution in [1.82, 2.24) is 19.8 Å². The van der Waals surface area contributed by atoms with Crippen molar-refractivity contribution in [3.63, 3.8) is 0 Å². The number of aliphatic hydroxyl groups is 1. The van der Waals surface area contributed by atoms with E-state index in [1.165, 1.54) is 4.57 Å². The molecule has 1 saturated heterocycles. The average Bonchev–Trinajstić information content (AvgIpc) is 3.26. The number of piperidine rings is 1. The van der Waals surface area contributed by atoms with E-state index in [2.05, 4.69) is 20.5 Å². The SMILES string of the molecule is CC(C)(C)OC(=O)n1ccc2nccc(NC(=O)NCCN3CCC(O)(Cc4ccccc4)CC3)c21. The molecule has 9 nitrogen and oxygen atoms in total. The molecule has 3 heterocycles. The third-order valence-corrected chi connectivity index (χ3v) is 6.29. The van der Waals surface area contributed by atoms with Crippen LogP contribution in [0.15, 0.2) is 54.9 Å². The molecule has 1 aliphatic rings. The first-order valence-electron chi connectivity index (χ1n) is 12.3. The van der Waals surface area contributed by atoms with Crippen LogP contribution < -0.4 is 10.6 Å². The van der Waals surface area contributed by atoms with E-state index in [-0.39, 0.29) is 6.03 Å². The van der Waals surface area contributed by atoms with Gasteiger partial charge >= 0.3 is 12.1 Å². The van der Waals surface area contributed by atoms with E-state index in [9.17, 15) is 14.7 Å². The molecule has 0 aliphatic carbocycles. The number of ether oxygens (including phenoxy) is 1. The number of carbonyl (C=O) groups excluding carboxylic acids is 2. The van der Waals surface area contributed by atoms with Gasteiger partial charge in [-0.05, 0) is 51.3 Å². The summed E-state index contributed by atoms with van der Waals surface area (Å²) in [6.07, 6.45) is 4.70. The maximum atomic E-state index is 12.6. The molecule has 0 radical (unpaired) electrons. The van der Waals surface area contributed by atoms with E-state index >= 15 is 0 Å². The van der Waals surface area contributed by atoms with E-state index in [4.69, 9.17) is 4.74 Å². The molecule has 1 aliphatic heterocycles. The van der Waals surface area contributed by atoms with Crippen LogP contribution in [0.2, 0.25) is 0 Å². The lowest BCUT2D eigenvalue weighted by Crippen LogP contribution is -2.47. The molecule has 2 amide bonds. The molecule has 1 fully saturated rings. The summed E-state index contributed by atoms with van der Waals surface area (Å²) < 4.78 is 6.83. The fourth-order valence-electron chi connectivity index (χ4n) is 4.47. The number of nitrogens with one attached hydrogen (secondary N) is 2. The van der Waals surface area contributed by atoms with E-state index < -0.39 is 17.3 Å². The number of amides is 2. The van der Waals surface area contributed by atoms with Crippen LogP contribution >= 0.6 is 0 Å². The number of hydrogen-bond donors (Lipinski definition) is 3. The fourth-order valence-corrected chi connectivity index (χ4v) is 4.47. The van der Waals surface area contributed by atoms with Crippen molar-refractivity contribution in [2.45, 2.75) is 51.2 Å². The lowest BCUT2D eigenvalue weighted by molar-refractivity contribution is -0.0201. The van der Waals surface area contributed by atoms with Crippen molar-refractivity contribution in [2.75, 3.05) is 31.5 Å². The number of urea groups is 1. The number of nitrogens with zero attached hydrogens (tertiary/aromatic N) is 3. The normalized spacial score (nSPS) is 16.0. The minimum atomic E-state index is -0.682. The summed E-state index contributed by atoms with van der Waals surface area (Å²) in [6.45, 7) is 8.11. The molecule has 3 N–H and O–H groups in total. The number of carbonyl (C=O) groups is 2. The molecule has 0 unspecified atom stereocenters. The monoisotopic (exact) mass is 493 g/mol. The van der Waals surface area contributed by atoms with Gasteiger partial charge in [0.1, 0.15) is 11.1 Å². The van der Waals surface area contributed by atoms with Crippen molar-refractivity contribution < 1.29 is 19.4 Å². The van der Waals surface area contributed by atoms with Crippen molar-refractivity contribution in [2.24, 2.45) is 0 Å². The largest absolute Gasteiger partial charge is 0.443 e. The van der Waals surface area contributed by atoms with Crippen molar-refractivity contribution in [3.05, 3.63) is 60.4 Å². The molecular formula is C27H35N5O4. The lowest BCUT2D eigenvalue weighted by Gasteiger charge is -2.38.